The van der Waals surface area contributed by atoms with Crippen LogP contribution in [0.5, 0.6) is 0 Å². The largest absolute Gasteiger partial charge is 0.297 e. The molecule has 1 aliphatic carbocycles. The van der Waals surface area contributed by atoms with Crippen LogP contribution in [0.4, 0.5) is 0 Å². The van der Waals surface area contributed by atoms with Crippen LogP contribution in [0, 0.1) is 5.92 Å². The molecule has 23 heavy (non-hydrogen) atoms. The molecule has 0 spiro atoms. The van der Waals surface area contributed by atoms with Crippen LogP contribution >= 0.6 is 7.29 Å². The molecule has 2 aliphatic rings. The quantitative estimate of drug-likeness (QED) is 0.588. The summed E-state index contributed by atoms with van der Waals surface area (Å²) in [6.07, 6.45) is 7.49. The van der Waals surface area contributed by atoms with Crippen LogP contribution in [-0.4, -0.2) is 11.7 Å². The summed E-state index contributed by atoms with van der Waals surface area (Å²) in [6, 6.07) is 20.5. The van der Waals surface area contributed by atoms with E-state index in [0.29, 0.717) is 0 Å². The van der Waals surface area contributed by atoms with Crippen molar-refractivity contribution in [3.8, 4) is 0 Å². The van der Waals surface area contributed by atoms with Crippen molar-refractivity contribution >= 4 is 12.6 Å². The second-order valence-electron chi connectivity index (χ2n) is 6.16. The summed E-state index contributed by atoms with van der Waals surface area (Å²) in [4.78, 5) is 0. The van der Waals surface area contributed by atoms with E-state index in [1.54, 1.807) is 0 Å². The van der Waals surface area contributed by atoms with E-state index < -0.39 is 7.29 Å². The summed E-state index contributed by atoms with van der Waals surface area (Å²) >= 11 is 0. The van der Waals surface area contributed by atoms with Gasteiger partial charge in [-0.2, -0.15) is 0 Å². The predicted molar refractivity (Wildman–Crippen MR) is 96.0 cm³/mol. The van der Waals surface area contributed by atoms with Crippen LogP contribution in [-0.2, 0) is 4.57 Å². The summed E-state index contributed by atoms with van der Waals surface area (Å²) in [6.45, 7) is 0. The molecule has 2 nitrogen and oxygen atoms in total. The minimum atomic E-state index is -2.72. The molecule has 116 valence electrons. The molecule has 0 amide bonds. The van der Waals surface area contributed by atoms with Gasteiger partial charge < -0.3 is 0 Å². The van der Waals surface area contributed by atoms with Crippen molar-refractivity contribution in [2.45, 2.75) is 12.5 Å². The van der Waals surface area contributed by atoms with Crippen molar-refractivity contribution in [3.63, 3.8) is 0 Å². The third-order valence-electron chi connectivity index (χ3n) is 4.93. The molecule has 3 atom stereocenters. The van der Waals surface area contributed by atoms with E-state index in [1.807, 2.05) is 43.4 Å². The van der Waals surface area contributed by atoms with Gasteiger partial charge in [0, 0.05) is 16.5 Å². The van der Waals surface area contributed by atoms with Crippen molar-refractivity contribution in [2.75, 3.05) is 7.05 Å². The van der Waals surface area contributed by atoms with Crippen LogP contribution in [0.1, 0.15) is 18.0 Å². The zero-order valence-electron chi connectivity index (χ0n) is 13.2. The van der Waals surface area contributed by atoms with E-state index in [4.69, 9.17) is 0 Å². The topological polar surface area (TPSA) is 20.3 Å². The van der Waals surface area contributed by atoms with Crippen LogP contribution in [0.2, 0.25) is 0 Å². The zero-order chi connectivity index (χ0) is 15.9. The first-order valence-electron chi connectivity index (χ1n) is 8.04. The van der Waals surface area contributed by atoms with Crippen molar-refractivity contribution in [1.29, 1.82) is 0 Å². The Balaban J connectivity index is 1.89. The van der Waals surface area contributed by atoms with Gasteiger partial charge >= 0.3 is 0 Å². The highest BCUT2D eigenvalue weighted by Gasteiger charge is 2.51. The average Bonchev–Trinajstić information content (AvgIpc) is 2.86. The van der Waals surface area contributed by atoms with Gasteiger partial charge in [0.15, 0.2) is 0 Å². The Morgan fingerprint density at radius 1 is 1.00 bits per heavy atom. The lowest BCUT2D eigenvalue weighted by atomic mass is 9.90. The molecule has 2 aromatic carbocycles. The highest BCUT2D eigenvalue weighted by atomic mass is 31.2. The molecule has 1 heterocycles. The number of nitrogens with zero attached hydrogens (tertiary/aromatic N) is 1. The van der Waals surface area contributed by atoms with Crippen LogP contribution in [0.25, 0.3) is 0 Å². The number of allylic oxidation sites excluding steroid dienone is 2. The smallest absolute Gasteiger partial charge is 0.203 e. The second-order valence-corrected chi connectivity index (χ2v) is 8.98. The number of hydrogen-bond donors (Lipinski definition) is 0. The van der Waals surface area contributed by atoms with Gasteiger partial charge in [0.2, 0.25) is 7.29 Å². The molecule has 1 aliphatic heterocycles. The summed E-state index contributed by atoms with van der Waals surface area (Å²) < 4.78 is 16.2. The SMILES string of the molecule is CN1[C@@H](c2ccccc2)[C@@H]2C=CCC=C2[P@@]1(=O)c1ccccc1. The zero-order valence-corrected chi connectivity index (χ0v) is 14.1. The monoisotopic (exact) mass is 321 g/mol. The Morgan fingerprint density at radius 3 is 2.35 bits per heavy atom. The minimum absolute atomic E-state index is 0.130. The standard InChI is InChI=1S/C20H20NOP/c1-21-20(16-10-4-2-5-11-16)18-14-8-9-15-19(18)23(21,22)17-12-6-3-7-13-17/h2-8,10-15,18,20H,9H2,1H3/t18-,20+,23+/m1/s1. The maximum Gasteiger partial charge on any atom is 0.203 e. The first kappa shape index (κ1) is 14.7. The third-order valence-corrected chi connectivity index (χ3v) is 8.25. The number of rotatable bonds is 2. The second kappa shape index (κ2) is 5.63. The van der Waals surface area contributed by atoms with E-state index >= 15 is 0 Å². The first-order valence-corrected chi connectivity index (χ1v) is 9.70. The van der Waals surface area contributed by atoms with Gasteiger partial charge in [-0.05, 0) is 31.2 Å². The Kier molecular flexibility index (Phi) is 3.60. The Morgan fingerprint density at radius 2 is 1.65 bits per heavy atom. The summed E-state index contributed by atoms with van der Waals surface area (Å²) in [7, 11) is -0.711. The highest BCUT2D eigenvalue weighted by molar-refractivity contribution is 7.73. The summed E-state index contributed by atoms with van der Waals surface area (Å²) in [5.74, 6) is 0.196. The lowest BCUT2D eigenvalue weighted by molar-refractivity contribution is 0.372. The molecule has 1 saturated heterocycles. The van der Waals surface area contributed by atoms with Crippen LogP contribution in [0.15, 0.2) is 84.2 Å². The Bertz CT molecular complexity index is 810. The molecule has 2 aromatic rings. The van der Waals surface area contributed by atoms with Crippen molar-refractivity contribution in [1.82, 2.24) is 4.67 Å². The predicted octanol–water partition coefficient (Wildman–Crippen LogP) is 4.74. The molecular weight excluding hydrogens is 301 g/mol. The molecule has 0 unspecified atom stereocenters. The molecule has 3 heteroatoms. The van der Waals surface area contributed by atoms with E-state index in [2.05, 4.69) is 47.2 Å². The molecule has 0 saturated carbocycles. The van der Waals surface area contributed by atoms with Gasteiger partial charge in [-0.25, -0.2) is 4.67 Å². The number of benzene rings is 2. The van der Waals surface area contributed by atoms with E-state index in [0.717, 1.165) is 17.0 Å². The maximum atomic E-state index is 14.1. The van der Waals surface area contributed by atoms with E-state index in [9.17, 15) is 4.57 Å². The molecule has 0 bridgehead atoms. The molecule has 0 aromatic heterocycles. The van der Waals surface area contributed by atoms with Crippen LogP contribution in [0.3, 0.4) is 0 Å². The van der Waals surface area contributed by atoms with E-state index in [1.165, 1.54) is 5.56 Å². The van der Waals surface area contributed by atoms with Crippen molar-refractivity contribution in [2.24, 2.45) is 5.92 Å². The van der Waals surface area contributed by atoms with Crippen LogP contribution < -0.4 is 5.30 Å². The lowest BCUT2D eigenvalue weighted by Crippen LogP contribution is -2.21. The lowest BCUT2D eigenvalue weighted by Gasteiger charge is -2.26. The fraction of sp³-hybridized carbons (Fsp3) is 0.200. The molecular formula is C20H20NOP. The van der Waals surface area contributed by atoms with Crippen molar-refractivity contribution < 1.29 is 4.57 Å². The summed E-state index contributed by atoms with van der Waals surface area (Å²) in [5, 5.41) is 2.04. The van der Waals surface area contributed by atoms with Gasteiger partial charge in [-0.1, -0.05) is 66.8 Å². The number of fused-ring (bicyclic) bond motifs is 1. The first-order chi connectivity index (χ1) is 11.2. The molecule has 0 N–H and O–H groups in total. The van der Waals surface area contributed by atoms with Gasteiger partial charge in [-0.15, -0.1) is 0 Å². The molecule has 0 radical (unpaired) electrons. The fourth-order valence-electron chi connectivity index (χ4n) is 3.87. The van der Waals surface area contributed by atoms with Crippen molar-refractivity contribution in [3.05, 3.63) is 89.8 Å². The highest BCUT2D eigenvalue weighted by Crippen LogP contribution is 2.70. The van der Waals surface area contributed by atoms with E-state index in [-0.39, 0.29) is 12.0 Å². The maximum absolute atomic E-state index is 14.1. The number of hydrogen-bond acceptors (Lipinski definition) is 1. The average molecular weight is 321 g/mol. The van der Waals surface area contributed by atoms with Gasteiger partial charge in [0.1, 0.15) is 0 Å². The van der Waals surface area contributed by atoms with Gasteiger partial charge in [-0.3, -0.25) is 4.57 Å². The normalized spacial score (nSPS) is 30.0. The summed E-state index contributed by atoms with van der Waals surface area (Å²) in [5.41, 5.74) is 1.23. The van der Waals surface area contributed by atoms with Gasteiger partial charge in [0.25, 0.3) is 0 Å². The Labute approximate surface area is 137 Å². The molecule has 1 fully saturated rings. The fourth-order valence-corrected chi connectivity index (χ4v) is 7.08. The Hall–Kier alpha value is -1.89. The third kappa shape index (κ3) is 2.17. The molecule has 4 rings (SSSR count). The minimum Gasteiger partial charge on any atom is -0.297 e. The van der Waals surface area contributed by atoms with Gasteiger partial charge in [0.05, 0.1) is 6.04 Å².